The van der Waals surface area contributed by atoms with Crippen molar-refractivity contribution in [2.24, 2.45) is 0 Å². The molecule has 2 atom stereocenters. The highest BCUT2D eigenvalue weighted by molar-refractivity contribution is 7.88. The second kappa shape index (κ2) is 8.54. The summed E-state index contributed by atoms with van der Waals surface area (Å²) >= 11 is 0. The Morgan fingerprint density at radius 1 is 1.24 bits per heavy atom. The number of carbonyl (C=O) groups is 1. The number of aliphatic hydroxyl groups is 1. The van der Waals surface area contributed by atoms with Crippen molar-refractivity contribution in [1.29, 1.82) is 0 Å². The van der Waals surface area contributed by atoms with Crippen LogP contribution in [0.15, 0.2) is 40.7 Å². The monoisotopic (exact) mass is 527 g/mol. The summed E-state index contributed by atoms with van der Waals surface area (Å²) in [5, 5.41) is 14.8. The molecule has 3 aliphatic rings. The van der Waals surface area contributed by atoms with Gasteiger partial charge in [0.05, 0.1) is 29.6 Å². The van der Waals surface area contributed by atoms with Crippen LogP contribution in [-0.4, -0.2) is 47.2 Å². The smallest absolute Gasteiger partial charge is 0.343 e. The van der Waals surface area contributed by atoms with Crippen LogP contribution in [-0.2, 0) is 43.8 Å². The first-order chi connectivity index (χ1) is 17.3. The van der Waals surface area contributed by atoms with Crippen LogP contribution in [0.3, 0.4) is 0 Å². The number of rotatable bonds is 6. The van der Waals surface area contributed by atoms with Crippen LogP contribution in [0.25, 0.3) is 5.57 Å². The van der Waals surface area contributed by atoms with Crippen LogP contribution in [0.5, 0.6) is 0 Å². The van der Waals surface area contributed by atoms with Crippen molar-refractivity contribution >= 4 is 27.3 Å². The van der Waals surface area contributed by atoms with Gasteiger partial charge in [0.15, 0.2) is 5.60 Å². The molecule has 1 aromatic heterocycles. The van der Waals surface area contributed by atoms with Gasteiger partial charge in [0, 0.05) is 29.4 Å². The highest BCUT2D eigenvalue weighted by Gasteiger charge is 2.50. The molecular weight excluding hydrogens is 494 g/mol. The third-order valence-electron chi connectivity index (χ3n) is 8.06. The van der Waals surface area contributed by atoms with Crippen LogP contribution in [0.4, 0.5) is 5.69 Å². The normalized spacial score (nSPS) is 24.4. The lowest BCUT2D eigenvalue weighted by Crippen LogP contribution is -2.45. The maximum atomic E-state index is 13.7. The summed E-state index contributed by atoms with van der Waals surface area (Å²) in [6.45, 7) is 7.83. The second-order valence-electron chi connectivity index (χ2n) is 10.6. The summed E-state index contributed by atoms with van der Waals surface area (Å²) in [7, 11) is -3.41. The van der Waals surface area contributed by atoms with E-state index in [0.29, 0.717) is 30.8 Å². The third kappa shape index (κ3) is 3.76. The van der Waals surface area contributed by atoms with E-state index >= 15 is 0 Å². The summed E-state index contributed by atoms with van der Waals surface area (Å²) in [5.74, 6) is -0.747. The SMILES string of the molecule is CC[C@@]1(O)C(=O)OCc2c1cc1n(c2=O)CC2=C(CCN(C(C)C)S(C)(=O)=O)c3ccccc3NC21C. The minimum absolute atomic E-state index is 0.0825. The van der Waals surface area contributed by atoms with Gasteiger partial charge in [-0.05, 0) is 56.9 Å². The van der Waals surface area contributed by atoms with Gasteiger partial charge in [0.25, 0.3) is 5.56 Å². The standard InChI is InChI=1S/C27H33N3O6S/c1-6-27(33)20-13-23-26(4)21(14-29(23)24(31)19(20)15-36-25(27)32)17(18-9-7-8-10-22(18)28-26)11-12-30(16(2)3)37(5,34)35/h7-10,13,16,28,33H,6,11-12,14-15H2,1-5H3/t26?,27-/m0/s1. The molecule has 4 heterocycles. The molecule has 0 radical (unpaired) electrons. The van der Waals surface area contributed by atoms with Gasteiger partial charge in [-0.25, -0.2) is 13.2 Å². The molecule has 9 nitrogen and oxygen atoms in total. The summed E-state index contributed by atoms with van der Waals surface area (Å²) in [6, 6.07) is 9.41. The van der Waals surface area contributed by atoms with Crippen molar-refractivity contribution in [3.63, 3.8) is 0 Å². The van der Waals surface area contributed by atoms with E-state index in [9.17, 15) is 23.1 Å². The van der Waals surface area contributed by atoms with Crippen molar-refractivity contribution in [3.8, 4) is 0 Å². The lowest BCUT2D eigenvalue weighted by atomic mass is 9.78. The molecule has 198 valence electrons. The molecule has 2 N–H and O–H groups in total. The minimum atomic E-state index is -3.41. The van der Waals surface area contributed by atoms with Crippen molar-refractivity contribution < 1.29 is 23.1 Å². The molecule has 37 heavy (non-hydrogen) atoms. The fourth-order valence-electron chi connectivity index (χ4n) is 6.08. The van der Waals surface area contributed by atoms with Crippen molar-refractivity contribution in [2.75, 3.05) is 18.1 Å². The summed E-state index contributed by atoms with van der Waals surface area (Å²) < 4.78 is 33.3. The van der Waals surface area contributed by atoms with E-state index in [0.717, 1.165) is 22.4 Å². The van der Waals surface area contributed by atoms with E-state index in [-0.39, 0.29) is 30.2 Å². The molecule has 5 rings (SSSR count). The topological polar surface area (TPSA) is 118 Å². The maximum absolute atomic E-state index is 13.7. The number of pyridine rings is 1. The van der Waals surface area contributed by atoms with Crippen molar-refractivity contribution in [3.05, 3.63) is 68.6 Å². The molecular formula is C27H33N3O6S. The Hall–Kier alpha value is -2.95. The Kier molecular flexibility index (Phi) is 5.93. The Balaban J connectivity index is 1.69. The van der Waals surface area contributed by atoms with E-state index in [4.69, 9.17) is 4.74 Å². The lowest BCUT2D eigenvalue weighted by molar-refractivity contribution is -0.172. The van der Waals surface area contributed by atoms with Gasteiger partial charge in [-0.2, -0.15) is 4.31 Å². The molecule has 0 spiro atoms. The third-order valence-corrected chi connectivity index (χ3v) is 9.52. The predicted octanol–water partition coefficient (Wildman–Crippen LogP) is 2.67. The number of sulfonamides is 1. The molecule has 3 aliphatic heterocycles. The Morgan fingerprint density at radius 2 is 1.95 bits per heavy atom. The molecule has 0 amide bonds. The zero-order chi connectivity index (χ0) is 26.9. The number of ether oxygens (including phenoxy) is 1. The van der Waals surface area contributed by atoms with Crippen LogP contribution >= 0.6 is 0 Å². The van der Waals surface area contributed by atoms with E-state index in [2.05, 4.69) is 5.32 Å². The van der Waals surface area contributed by atoms with E-state index in [1.807, 2.05) is 45.0 Å². The molecule has 2 aromatic rings. The maximum Gasteiger partial charge on any atom is 0.343 e. The van der Waals surface area contributed by atoms with Crippen molar-refractivity contribution in [1.82, 2.24) is 8.87 Å². The molecule has 0 bridgehead atoms. The van der Waals surface area contributed by atoms with Crippen molar-refractivity contribution in [2.45, 2.75) is 70.9 Å². The van der Waals surface area contributed by atoms with Crippen LogP contribution < -0.4 is 10.9 Å². The second-order valence-corrected chi connectivity index (χ2v) is 12.5. The van der Waals surface area contributed by atoms with E-state index in [1.54, 1.807) is 17.6 Å². The minimum Gasteiger partial charge on any atom is -0.458 e. The number of nitrogens with one attached hydrogen (secondary N) is 1. The summed E-state index contributed by atoms with van der Waals surface area (Å²) in [4.78, 5) is 26.2. The highest BCUT2D eigenvalue weighted by Crippen LogP contribution is 2.50. The zero-order valence-electron chi connectivity index (χ0n) is 21.8. The number of para-hydroxylation sites is 1. The lowest BCUT2D eigenvalue weighted by Gasteiger charge is -2.38. The number of benzene rings is 1. The number of nitrogens with zero attached hydrogens (tertiary/aromatic N) is 2. The molecule has 1 unspecified atom stereocenters. The highest BCUT2D eigenvalue weighted by atomic mass is 32.2. The number of hydrogen-bond donors (Lipinski definition) is 2. The summed E-state index contributed by atoms with van der Waals surface area (Å²) in [6.07, 6.45) is 1.77. The largest absolute Gasteiger partial charge is 0.458 e. The van der Waals surface area contributed by atoms with Gasteiger partial charge in [0.1, 0.15) is 6.61 Å². The molecule has 0 aliphatic carbocycles. The number of hydrogen-bond acceptors (Lipinski definition) is 7. The quantitative estimate of drug-likeness (QED) is 0.555. The first-order valence-corrected chi connectivity index (χ1v) is 14.4. The van der Waals surface area contributed by atoms with Crippen LogP contribution in [0.1, 0.15) is 62.9 Å². The fourth-order valence-corrected chi connectivity index (χ4v) is 7.27. The van der Waals surface area contributed by atoms with E-state index < -0.39 is 27.1 Å². The number of aromatic nitrogens is 1. The fraction of sp³-hybridized carbons (Fsp3) is 0.481. The molecule has 10 heteroatoms. The van der Waals surface area contributed by atoms with Crippen LogP contribution in [0.2, 0.25) is 0 Å². The van der Waals surface area contributed by atoms with Gasteiger partial charge < -0.3 is 19.7 Å². The number of anilines is 1. The first-order valence-electron chi connectivity index (χ1n) is 12.6. The molecule has 0 saturated carbocycles. The Bertz CT molecular complexity index is 1510. The molecule has 0 fully saturated rings. The molecule has 0 saturated heterocycles. The number of esters is 1. The number of fused-ring (bicyclic) bond motifs is 5. The zero-order valence-corrected chi connectivity index (χ0v) is 22.6. The summed E-state index contributed by atoms with van der Waals surface area (Å²) in [5.41, 5.74) is 2.09. The Morgan fingerprint density at radius 3 is 2.59 bits per heavy atom. The van der Waals surface area contributed by atoms with Gasteiger partial charge in [0.2, 0.25) is 10.0 Å². The first kappa shape index (κ1) is 25.7. The van der Waals surface area contributed by atoms with Gasteiger partial charge in [-0.3, -0.25) is 4.79 Å². The van der Waals surface area contributed by atoms with Gasteiger partial charge in [-0.15, -0.1) is 0 Å². The van der Waals surface area contributed by atoms with E-state index in [1.165, 1.54) is 10.6 Å². The average Bonchev–Trinajstić information content (AvgIpc) is 3.12. The molecule has 1 aromatic carbocycles. The number of cyclic esters (lactones) is 1. The average molecular weight is 528 g/mol. The van der Waals surface area contributed by atoms with Crippen LogP contribution in [0, 0.1) is 0 Å². The van der Waals surface area contributed by atoms with Gasteiger partial charge in [-0.1, -0.05) is 25.1 Å². The Labute approximate surface area is 216 Å². The predicted molar refractivity (Wildman–Crippen MR) is 140 cm³/mol. The number of carbonyl (C=O) groups excluding carboxylic acids is 1. The van der Waals surface area contributed by atoms with Gasteiger partial charge >= 0.3 is 5.97 Å².